The number of likely N-dealkylation sites (N-methyl/N-ethyl adjacent to an activating group) is 1. The number of allylic oxidation sites excluding steroid dienone is 2. The quantitative estimate of drug-likeness (QED) is 0.802. The molecule has 0 saturated heterocycles. The van der Waals surface area contributed by atoms with Crippen molar-refractivity contribution in [1.29, 1.82) is 0 Å². The second-order valence-corrected chi connectivity index (χ2v) is 5.45. The highest BCUT2D eigenvalue weighted by molar-refractivity contribution is 5.45. The summed E-state index contributed by atoms with van der Waals surface area (Å²) < 4.78 is 0. The summed E-state index contributed by atoms with van der Waals surface area (Å²) in [5.74, 6) is 0. The number of benzene rings is 1. The molecule has 1 aromatic carbocycles. The maximum Gasteiger partial charge on any atom is 0.0361 e. The zero-order valence-corrected chi connectivity index (χ0v) is 12.8. The predicted octanol–water partition coefficient (Wildman–Crippen LogP) is 2.62. The van der Waals surface area contributed by atoms with Crippen LogP contribution in [0.5, 0.6) is 0 Å². The summed E-state index contributed by atoms with van der Waals surface area (Å²) in [5.41, 5.74) is 3.99. The van der Waals surface area contributed by atoms with Gasteiger partial charge in [-0.25, -0.2) is 0 Å². The second kappa shape index (κ2) is 7.15. The van der Waals surface area contributed by atoms with Crippen LogP contribution in [0.15, 0.2) is 48.2 Å². The highest BCUT2D eigenvalue weighted by atomic mass is 15.1. The molecule has 0 bridgehead atoms. The fraction of sp³-hybridized carbons (Fsp3) is 0.412. The Balaban J connectivity index is 1.73. The van der Waals surface area contributed by atoms with Crippen molar-refractivity contribution in [1.82, 2.24) is 10.2 Å². The van der Waals surface area contributed by atoms with Crippen LogP contribution >= 0.6 is 0 Å². The van der Waals surface area contributed by atoms with Gasteiger partial charge < -0.3 is 15.1 Å². The van der Waals surface area contributed by atoms with Crippen LogP contribution in [0.25, 0.3) is 0 Å². The van der Waals surface area contributed by atoms with Gasteiger partial charge in [-0.05, 0) is 30.2 Å². The summed E-state index contributed by atoms with van der Waals surface area (Å²) in [5, 5.41) is 3.51. The van der Waals surface area contributed by atoms with Crippen LogP contribution in [0, 0.1) is 0 Å². The van der Waals surface area contributed by atoms with Gasteiger partial charge in [0.05, 0.1) is 0 Å². The lowest BCUT2D eigenvalue weighted by Gasteiger charge is -2.23. The minimum Gasteiger partial charge on any atom is -0.378 e. The van der Waals surface area contributed by atoms with E-state index < -0.39 is 0 Å². The molecule has 108 valence electrons. The standard InChI is InChI=1S/C17H25N3/c1-19(2)16-9-7-15(8-10-16)14-18-12-11-17-6-4-5-13-20(17)3/h4-10,18H,11-14H2,1-3H3. The van der Waals surface area contributed by atoms with E-state index in [0.29, 0.717) is 0 Å². The lowest BCUT2D eigenvalue weighted by Crippen LogP contribution is -2.23. The summed E-state index contributed by atoms with van der Waals surface area (Å²) >= 11 is 0. The van der Waals surface area contributed by atoms with Gasteiger partial charge in [0.2, 0.25) is 0 Å². The summed E-state index contributed by atoms with van der Waals surface area (Å²) in [6.45, 7) is 2.97. The zero-order valence-electron chi connectivity index (χ0n) is 12.8. The number of nitrogens with one attached hydrogen (secondary N) is 1. The summed E-state index contributed by atoms with van der Waals surface area (Å²) in [4.78, 5) is 4.42. The molecule has 0 amide bonds. The Morgan fingerprint density at radius 3 is 2.60 bits per heavy atom. The molecule has 3 nitrogen and oxygen atoms in total. The molecule has 1 N–H and O–H groups in total. The van der Waals surface area contributed by atoms with Crippen molar-refractivity contribution in [2.24, 2.45) is 0 Å². The van der Waals surface area contributed by atoms with Crippen molar-refractivity contribution in [3.63, 3.8) is 0 Å². The average Bonchev–Trinajstić information content (AvgIpc) is 2.46. The van der Waals surface area contributed by atoms with Crippen LogP contribution in [-0.4, -0.2) is 39.1 Å². The molecule has 1 aromatic rings. The summed E-state index contributed by atoms with van der Waals surface area (Å²) in [7, 11) is 6.28. The Labute approximate surface area is 122 Å². The van der Waals surface area contributed by atoms with Crippen molar-refractivity contribution in [3.8, 4) is 0 Å². The van der Waals surface area contributed by atoms with E-state index in [1.807, 2.05) is 0 Å². The highest BCUT2D eigenvalue weighted by Gasteiger charge is 2.04. The van der Waals surface area contributed by atoms with Gasteiger partial charge in [-0.2, -0.15) is 0 Å². The zero-order chi connectivity index (χ0) is 14.4. The number of anilines is 1. The van der Waals surface area contributed by atoms with E-state index in [1.54, 1.807) is 0 Å². The minimum absolute atomic E-state index is 0.931. The van der Waals surface area contributed by atoms with E-state index >= 15 is 0 Å². The number of hydrogen-bond donors (Lipinski definition) is 1. The van der Waals surface area contributed by atoms with Gasteiger partial charge in [0.25, 0.3) is 0 Å². The molecule has 0 unspecified atom stereocenters. The van der Waals surface area contributed by atoms with E-state index in [-0.39, 0.29) is 0 Å². The van der Waals surface area contributed by atoms with Gasteiger partial charge in [-0.3, -0.25) is 0 Å². The molecule has 1 heterocycles. The molecule has 1 aliphatic heterocycles. The Hall–Kier alpha value is -1.74. The maximum absolute atomic E-state index is 3.51. The van der Waals surface area contributed by atoms with Crippen molar-refractivity contribution in [3.05, 3.63) is 53.8 Å². The number of nitrogens with zero attached hydrogens (tertiary/aromatic N) is 2. The first-order valence-electron chi connectivity index (χ1n) is 7.20. The third-order valence-corrected chi connectivity index (χ3v) is 3.63. The van der Waals surface area contributed by atoms with Gasteiger partial charge >= 0.3 is 0 Å². The fourth-order valence-electron chi connectivity index (χ4n) is 2.28. The lowest BCUT2D eigenvalue weighted by atomic mass is 10.2. The molecule has 2 rings (SSSR count). The normalized spacial score (nSPS) is 14.3. The average molecular weight is 271 g/mol. The molecule has 0 radical (unpaired) electrons. The summed E-state index contributed by atoms with van der Waals surface area (Å²) in [6, 6.07) is 8.71. The first-order chi connectivity index (χ1) is 9.66. The number of hydrogen-bond acceptors (Lipinski definition) is 3. The Bertz CT molecular complexity index is 472. The van der Waals surface area contributed by atoms with Crippen molar-refractivity contribution < 1.29 is 0 Å². The van der Waals surface area contributed by atoms with Crippen LogP contribution in [-0.2, 0) is 6.54 Å². The largest absolute Gasteiger partial charge is 0.378 e. The van der Waals surface area contributed by atoms with E-state index in [1.165, 1.54) is 16.9 Å². The van der Waals surface area contributed by atoms with Gasteiger partial charge in [-0.15, -0.1) is 0 Å². The van der Waals surface area contributed by atoms with E-state index in [0.717, 1.165) is 26.1 Å². The third-order valence-electron chi connectivity index (χ3n) is 3.63. The molecule has 0 atom stereocenters. The van der Waals surface area contributed by atoms with Crippen molar-refractivity contribution in [2.45, 2.75) is 13.0 Å². The minimum atomic E-state index is 0.931. The van der Waals surface area contributed by atoms with Crippen LogP contribution in [0.1, 0.15) is 12.0 Å². The molecule has 0 fully saturated rings. The van der Waals surface area contributed by atoms with Gasteiger partial charge in [0.1, 0.15) is 0 Å². The predicted molar refractivity (Wildman–Crippen MR) is 86.9 cm³/mol. The molecule has 0 aliphatic carbocycles. The Morgan fingerprint density at radius 2 is 1.95 bits per heavy atom. The molecule has 0 saturated carbocycles. The van der Waals surface area contributed by atoms with Crippen LogP contribution < -0.4 is 10.2 Å². The Morgan fingerprint density at radius 1 is 1.20 bits per heavy atom. The molecule has 0 aromatic heterocycles. The molecular weight excluding hydrogens is 246 g/mol. The first kappa shape index (κ1) is 14.7. The fourth-order valence-corrected chi connectivity index (χ4v) is 2.28. The first-order valence-corrected chi connectivity index (χ1v) is 7.20. The molecule has 0 spiro atoms. The van der Waals surface area contributed by atoms with E-state index in [2.05, 4.69) is 78.8 Å². The molecule has 3 heteroatoms. The smallest absolute Gasteiger partial charge is 0.0361 e. The summed E-state index contributed by atoms with van der Waals surface area (Å²) in [6.07, 6.45) is 7.62. The second-order valence-electron chi connectivity index (χ2n) is 5.45. The maximum atomic E-state index is 3.51. The van der Waals surface area contributed by atoms with Crippen molar-refractivity contribution in [2.75, 3.05) is 39.1 Å². The van der Waals surface area contributed by atoms with Gasteiger partial charge in [0, 0.05) is 52.2 Å². The number of rotatable bonds is 6. The van der Waals surface area contributed by atoms with Gasteiger partial charge in [-0.1, -0.05) is 24.3 Å². The molecule has 1 aliphatic rings. The van der Waals surface area contributed by atoms with Gasteiger partial charge in [0.15, 0.2) is 0 Å². The van der Waals surface area contributed by atoms with Crippen LogP contribution in [0.2, 0.25) is 0 Å². The lowest BCUT2D eigenvalue weighted by molar-refractivity contribution is 0.433. The van der Waals surface area contributed by atoms with Crippen molar-refractivity contribution >= 4 is 5.69 Å². The topological polar surface area (TPSA) is 18.5 Å². The molecular formula is C17H25N3. The SMILES string of the molecule is CN1CC=CC=C1CCNCc1ccc(N(C)C)cc1. The van der Waals surface area contributed by atoms with E-state index in [4.69, 9.17) is 0 Å². The highest BCUT2D eigenvalue weighted by Crippen LogP contribution is 2.13. The Kier molecular flexibility index (Phi) is 5.24. The van der Waals surface area contributed by atoms with Crippen LogP contribution in [0.4, 0.5) is 5.69 Å². The molecule has 20 heavy (non-hydrogen) atoms. The van der Waals surface area contributed by atoms with Crippen LogP contribution in [0.3, 0.4) is 0 Å². The monoisotopic (exact) mass is 271 g/mol. The van der Waals surface area contributed by atoms with E-state index in [9.17, 15) is 0 Å². The third kappa shape index (κ3) is 4.14.